The van der Waals surface area contributed by atoms with E-state index in [0.717, 1.165) is 15.6 Å². The minimum Gasteiger partial charge on any atom is -0.466 e. The minimum atomic E-state index is -0.309. The molecule has 0 aliphatic carbocycles. The molecule has 6 nitrogen and oxygen atoms in total. The molecular weight excluding hydrogens is 324 g/mol. The van der Waals surface area contributed by atoms with Gasteiger partial charge in [0.05, 0.1) is 7.11 Å². The Labute approximate surface area is 124 Å². The highest BCUT2D eigenvalue weighted by atomic mass is 79.9. The maximum absolute atomic E-state index is 11.7. The van der Waals surface area contributed by atoms with E-state index in [1.54, 1.807) is 6.08 Å². The predicted molar refractivity (Wildman–Crippen MR) is 79.5 cm³/mol. The monoisotopic (exact) mass is 336 g/mol. The lowest BCUT2D eigenvalue weighted by molar-refractivity contribution is -0.111. The Morgan fingerprint density at radius 1 is 1.50 bits per heavy atom. The molecule has 104 valence electrons. The normalized spacial score (nSPS) is 10.8. The second-order valence-corrected chi connectivity index (χ2v) is 4.87. The number of hydrogen-bond donors (Lipinski definition) is 2. The summed E-state index contributed by atoms with van der Waals surface area (Å²) >= 11 is 3.45. The van der Waals surface area contributed by atoms with Crippen molar-refractivity contribution in [2.45, 2.75) is 6.92 Å². The van der Waals surface area contributed by atoms with Crippen LogP contribution in [0.5, 0.6) is 6.01 Å². The number of rotatable bonds is 4. The molecular formula is C13H13BrN4O2. The largest absolute Gasteiger partial charge is 0.466 e. The van der Waals surface area contributed by atoms with Gasteiger partial charge in [-0.25, -0.2) is 5.10 Å². The van der Waals surface area contributed by atoms with Crippen molar-refractivity contribution in [3.63, 3.8) is 0 Å². The Balaban J connectivity index is 2.01. The van der Waals surface area contributed by atoms with Gasteiger partial charge in [-0.3, -0.25) is 10.1 Å². The summed E-state index contributed by atoms with van der Waals surface area (Å²) < 4.78 is 5.74. The quantitative estimate of drug-likeness (QED) is 0.841. The first-order valence-corrected chi connectivity index (χ1v) is 6.59. The molecule has 0 bridgehead atoms. The average molecular weight is 337 g/mol. The van der Waals surface area contributed by atoms with E-state index in [1.807, 2.05) is 25.1 Å². The summed E-state index contributed by atoms with van der Waals surface area (Å²) in [6.07, 6.45) is 3.14. The number of carbonyl (C=O) groups is 1. The van der Waals surface area contributed by atoms with Crippen LogP contribution in [0.15, 0.2) is 28.7 Å². The molecule has 0 aliphatic heterocycles. The number of methoxy groups -OCH3 is 1. The van der Waals surface area contributed by atoms with Gasteiger partial charge in [-0.15, -0.1) is 5.10 Å². The number of benzene rings is 1. The molecule has 1 aromatic carbocycles. The van der Waals surface area contributed by atoms with Crippen molar-refractivity contribution in [1.82, 2.24) is 15.2 Å². The summed E-state index contributed by atoms with van der Waals surface area (Å²) in [6, 6.07) is 6.06. The summed E-state index contributed by atoms with van der Waals surface area (Å²) in [5.41, 5.74) is 2.06. The average Bonchev–Trinajstić information content (AvgIpc) is 2.85. The van der Waals surface area contributed by atoms with Gasteiger partial charge in [-0.05, 0) is 30.2 Å². The number of H-pyrrole nitrogens is 1. The van der Waals surface area contributed by atoms with Gasteiger partial charge in [-0.2, -0.15) is 4.98 Å². The number of anilines is 1. The summed E-state index contributed by atoms with van der Waals surface area (Å²) in [5.74, 6) is -0.0734. The zero-order valence-electron chi connectivity index (χ0n) is 11.0. The minimum absolute atomic E-state index is 0.172. The Morgan fingerprint density at radius 3 is 2.95 bits per heavy atom. The Morgan fingerprint density at radius 2 is 2.30 bits per heavy atom. The second kappa shape index (κ2) is 6.33. The van der Waals surface area contributed by atoms with E-state index in [1.165, 1.54) is 13.2 Å². The van der Waals surface area contributed by atoms with Crippen LogP contribution in [0.1, 0.15) is 11.1 Å². The summed E-state index contributed by atoms with van der Waals surface area (Å²) in [6.45, 7) is 2.00. The smallest absolute Gasteiger partial charge is 0.336 e. The van der Waals surface area contributed by atoms with Gasteiger partial charge in [0.15, 0.2) is 0 Å². The Bertz CT molecular complexity index is 652. The lowest BCUT2D eigenvalue weighted by atomic mass is 10.1. The van der Waals surface area contributed by atoms with Crippen LogP contribution in [0.3, 0.4) is 0 Å². The van der Waals surface area contributed by atoms with Crippen molar-refractivity contribution in [2.75, 3.05) is 12.4 Å². The number of nitrogens with one attached hydrogen (secondary N) is 2. The first-order valence-electron chi connectivity index (χ1n) is 5.80. The molecule has 1 heterocycles. The predicted octanol–water partition coefficient (Wildman–Crippen LogP) is 2.54. The van der Waals surface area contributed by atoms with Gasteiger partial charge < -0.3 is 4.74 Å². The molecule has 1 amide bonds. The highest BCUT2D eigenvalue weighted by Crippen LogP contribution is 2.19. The van der Waals surface area contributed by atoms with Crippen LogP contribution >= 0.6 is 15.9 Å². The van der Waals surface area contributed by atoms with Crippen LogP contribution in [0.4, 0.5) is 5.95 Å². The van der Waals surface area contributed by atoms with E-state index in [9.17, 15) is 4.79 Å². The number of ether oxygens (including phenoxy) is 1. The molecule has 0 atom stereocenters. The third-order valence-corrected chi connectivity index (χ3v) is 3.15. The first kappa shape index (κ1) is 14.3. The molecule has 0 saturated heterocycles. The molecule has 0 spiro atoms. The number of hydrogen-bond acceptors (Lipinski definition) is 4. The van der Waals surface area contributed by atoms with Crippen LogP contribution in [0, 0.1) is 6.92 Å². The molecule has 2 rings (SSSR count). The number of aromatic amines is 1. The number of halogens is 1. The molecule has 1 aromatic heterocycles. The fourth-order valence-electron chi connectivity index (χ4n) is 1.48. The molecule has 0 unspecified atom stereocenters. The van der Waals surface area contributed by atoms with E-state index in [2.05, 4.69) is 36.4 Å². The zero-order valence-corrected chi connectivity index (χ0v) is 12.6. The van der Waals surface area contributed by atoms with E-state index < -0.39 is 0 Å². The van der Waals surface area contributed by atoms with Crippen molar-refractivity contribution in [3.8, 4) is 6.01 Å². The van der Waals surface area contributed by atoms with Gasteiger partial charge in [0.25, 0.3) is 5.91 Å². The van der Waals surface area contributed by atoms with E-state index in [0.29, 0.717) is 0 Å². The van der Waals surface area contributed by atoms with Crippen LogP contribution in [-0.2, 0) is 4.79 Å². The molecule has 0 aliphatic rings. The molecule has 0 saturated carbocycles. The van der Waals surface area contributed by atoms with Crippen LogP contribution in [0.25, 0.3) is 6.08 Å². The highest BCUT2D eigenvalue weighted by Gasteiger charge is 2.05. The van der Waals surface area contributed by atoms with Gasteiger partial charge in [0.2, 0.25) is 5.95 Å². The van der Waals surface area contributed by atoms with Crippen LogP contribution < -0.4 is 10.1 Å². The van der Waals surface area contributed by atoms with Crippen LogP contribution in [-0.4, -0.2) is 28.2 Å². The maximum atomic E-state index is 11.7. The maximum Gasteiger partial charge on any atom is 0.336 e. The highest BCUT2D eigenvalue weighted by molar-refractivity contribution is 9.10. The number of aryl methyl sites for hydroxylation is 1. The lowest BCUT2D eigenvalue weighted by Gasteiger charge is -2.00. The summed E-state index contributed by atoms with van der Waals surface area (Å²) in [4.78, 5) is 15.6. The third kappa shape index (κ3) is 3.67. The topological polar surface area (TPSA) is 79.9 Å². The van der Waals surface area contributed by atoms with Crippen molar-refractivity contribution in [3.05, 3.63) is 39.9 Å². The Hall–Kier alpha value is -2.15. The summed E-state index contributed by atoms with van der Waals surface area (Å²) in [5, 5.41) is 8.82. The fourth-order valence-corrected chi connectivity index (χ4v) is 2.11. The van der Waals surface area contributed by atoms with E-state index in [-0.39, 0.29) is 17.9 Å². The van der Waals surface area contributed by atoms with Crippen molar-refractivity contribution >= 4 is 33.9 Å². The van der Waals surface area contributed by atoms with Gasteiger partial charge in [-0.1, -0.05) is 28.1 Å². The SMILES string of the molecule is COc1n[nH]c(NC(=O)/C=C/c2ccc(C)cc2Br)n1. The van der Waals surface area contributed by atoms with E-state index >= 15 is 0 Å². The molecule has 20 heavy (non-hydrogen) atoms. The second-order valence-electron chi connectivity index (χ2n) is 4.02. The molecule has 2 N–H and O–H groups in total. The number of amides is 1. The fraction of sp³-hybridized carbons (Fsp3) is 0.154. The van der Waals surface area contributed by atoms with Gasteiger partial charge in [0.1, 0.15) is 0 Å². The molecule has 0 fully saturated rings. The molecule has 2 aromatic rings. The molecule has 0 radical (unpaired) electrons. The number of carbonyl (C=O) groups excluding carboxylic acids is 1. The number of nitrogens with zero attached hydrogens (tertiary/aromatic N) is 2. The van der Waals surface area contributed by atoms with Gasteiger partial charge in [0, 0.05) is 10.5 Å². The lowest BCUT2D eigenvalue weighted by Crippen LogP contribution is -2.09. The first-order chi connectivity index (χ1) is 9.58. The van der Waals surface area contributed by atoms with E-state index in [4.69, 9.17) is 4.74 Å². The Kier molecular flexibility index (Phi) is 4.52. The third-order valence-electron chi connectivity index (χ3n) is 2.46. The van der Waals surface area contributed by atoms with Crippen molar-refractivity contribution in [2.24, 2.45) is 0 Å². The van der Waals surface area contributed by atoms with Crippen molar-refractivity contribution < 1.29 is 9.53 Å². The standard InChI is InChI=1S/C13H13BrN4O2/c1-8-3-4-9(10(14)7-8)5-6-11(19)15-12-16-13(20-2)18-17-12/h3-7H,1-2H3,(H2,15,16,17,18,19)/b6-5+. The number of aromatic nitrogens is 3. The van der Waals surface area contributed by atoms with Crippen molar-refractivity contribution in [1.29, 1.82) is 0 Å². The zero-order chi connectivity index (χ0) is 14.5. The van der Waals surface area contributed by atoms with Crippen LogP contribution in [0.2, 0.25) is 0 Å². The summed E-state index contributed by atoms with van der Waals surface area (Å²) in [7, 11) is 1.45. The molecule has 7 heteroatoms. The van der Waals surface area contributed by atoms with Gasteiger partial charge >= 0.3 is 6.01 Å².